The molecule has 0 radical (unpaired) electrons. The molecular weight excluding hydrogens is 349 g/mol. The van der Waals surface area contributed by atoms with Crippen molar-refractivity contribution in [2.75, 3.05) is 13.2 Å². The average molecular weight is 366 g/mol. The van der Waals surface area contributed by atoms with Crippen molar-refractivity contribution >= 4 is 15.9 Å². The van der Waals surface area contributed by atoms with Gasteiger partial charge in [0.2, 0.25) is 10.0 Å². The Morgan fingerprint density at radius 2 is 1.88 bits per heavy atom. The number of benzene rings is 1. The number of piperidine rings is 1. The van der Waals surface area contributed by atoms with E-state index in [1.807, 2.05) is 0 Å². The van der Waals surface area contributed by atoms with Gasteiger partial charge in [-0.05, 0) is 37.1 Å². The molecule has 0 aliphatic carbocycles. The van der Waals surface area contributed by atoms with E-state index in [0.29, 0.717) is 17.1 Å². The van der Waals surface area contributed by atoms with E-state index in [-0.39, 0.29) is 30.2 Å². The van der Waals surface area contributed by atoms with Crippen molar-refractivity contribution in [3.05, 3.63) is 24.3 Å². The first-order valence-electron chi connectivity index (χ1n) is 7.22. The highest BCUT2D eigenvalue weighted by Gasteiger charge is 2.48. The van der Waals surface area contributed by atoms with Crippen LogP contribution >= 0.6 is 0 Å². The topological polar surface area (TPSA) is 89.7 Å². The molecule has 0 bridgehead atoms. The Labute approximate surface area is 137 Å². The maximum Gasteiger partial charge on any atom is 0.405 e. The highest BCUT2D eigenvalue weighted by atomic mass is 32.2. The van der Waals surface area contributed by atoms with Gasteiger partial charge in [-0.1, -0.05) is 6.42 Å². The van der Waals surface area contributed by atoms with Gasteiger partial charge in [-0.25, -0.2) is 8.42 Å². The number of nitrogens with two attached hydrogens (primary N) is 1. The fourth-order valence-corrected chi connectivity index (χ4v) is 4.20. The molecule has 1 amide bonds. The van der Waals surface area contributed by atoms with E-state index in [1.165, 1.54) is 12.1 Å². The van der Waals surface area contributed by atoms with Crippen LogP contribution in [0.5, 0.6) is 5.75 Å². The number of hydrogen-bond donors (Lipinski definition) is 1. The van der Waals surface area contributed by atoms with Crippen molar-refractivity contribution < 1.29 is 31.1 Å². The molecule has 1 fully saturated rings. The molecule has 24 heavy (non-hydrogen) atoms. The maximum atomic E-state index is 13.1. The maximum absolute atomic E-state index is 13.1. The second-order valence-electron chi connectivity index (χ2n) is 5.40. The first kappa shape index (κ1) is 18.5. The van der Waals surface area contributed by atoms with Crippen LogP contribution in [-0.2, 0) is 14.8 Å². The molecule has 1 aliphatic heterocycles. The average Bonchev–Trinajstić information content (AvgIpc) is 2.52. The number of amides is 1. The van der Waals surface area contributed by atoms with Gasteiger partial charge in [-0.2, -0.15) is 17.5 Å². The van der Waals surface area contributed by atoms with Gasteiger partial charge in [0, 0.05) is 6.54 Å². The van der Waals surface area contributed by atoms with Crippen LogP contribution < -0.4 is 10.5 Å². The number of nitrogens with zero attached hydrogens (tertiary/aromatic N) is 1. The van der Waals surface area contributed by atoms with Gasteiger partial charge in [-0.3, -0.25) is 4.79 Å². The largest absolute Gasteiger partial charge is 0.484 e. The predicted molar refractivity (Wildman–Crippen MR) is 78.7 cm³/mol. The van der Waals surface area contributed by atoms with E-state index in [4.69, 9.17) is 10.5 Å². The second kappa shape index (κ2) is 6.98. The van der Waals surface area contributed by atoms with Gasteiger partial charge < -0.3 is 10.5 Å². The Hall–Kier alpha value is -1.81. The van der Waals surface area contributed by atoms with Crippen LogP contribution in [0.3, 0.4) is 0 Å². The fourth-order valence-electron chi connectivity index (χ4n) is 2.52. The molecule has 10 heteroatoms. The number of rotatable bonds is 5. The Morgan fingerprint density at radius 1 is 1.25 bits per heavy atom. The lowest BCUT2D eigenvalue weighted by molar-refractivity contribution is -0.177. The third-order valence-corrected chi connectivity index (χ3v) is 5.57. The van der Waals surface area contributed by atoms with Crippen molar-refractivity contribution in [1.82, 2.24) is 4.31 Å². The van der Waals surface area contributed by atoms with Crippen LogP contribution in [-0.4, -0.2) is 44.0 Å². The number of sulfonamides is 1. The van der Waals surface area contributed by atoms with Crippen LogP contribution in [0, 0.1) is 0 Å². The standard InChI is InChI=1S/C14H17F3N2O4S/c15-14(16,17)12-3-1-2-8-19(12)24(21,22)11-6-4-10(5-7-11)23-9-13(18)20/h4-7,12H,1-3,8-9H2,(H2,18,20). The normalized spacial score (nSPS) is 19.9. The zero-order valence-corrected chi connectivity index (χ0v) is 13.4. The molecule has 1 saturated heterocycles. The predicted octanol–water partition coefficient (Wildman–Crippen LogP) is 1.66. The Balaban J connectivity index is 2.23. The van der Waals surface area contributed by atoms with Crippen LogP contribution in [0.4, 0.5) is 13.2 Å². The molecule has 0 aromatic heterocycles. The molecule has 1 atom stereocenters. The van der Waals surface area contributed by atoms with Crippen molar-refractivity contribution in [2.45, 2.75) is 36.4 Å². The minimum atomic E-state index is -4.61. The van der Waals surface area contributed by atoms with Crippen molar-refractivity contribution in [1.29, 1.82) is 0 Å². The molecule has 134 valence electrons. The van der Waals surface area contributed by atoms with Gasteiger partial charge in [0.05, 0.1) is 4.90 Å². The van der Waals surface area contributed by atoms with E-state index in [2.05, 4.69) is 0 Å². The number of carbonyl (C=O) groups is 1. The molecule has 0 saturated carbocycles. The minimum Gasteiger partial charge on any atom is -0.484 e. The van der Waals surface area contributed by atoms with Gasteiger partial charge in [0.15, 0.2) is 6.61 Å². The highest BCUT2D eigenvalue weighted by molar-refractivity contribution is 7.89. The zero-order chi connectivity index (χ0) is 18.0. The molecule has 2 rings (SSSR count). The van der Waals surface area contributed by atoms with Gasteiger partial charge in [0.25, 0.3) is 5.91 Å². The quantitative estimate of drug-likeness (QED) is 0.858. The summed E-state index contributed by atoms with van der Waals surface area (Å²) in [5.41, 5.74) is 4.92. The lowest BCUT2D eigenvalue weighted by Gasteiger charge is -2.35. The summed E-state index contributed by atoms with van der Waals surface area (Å²) in [4.78, 5) is 10.4. The molecule has 1 aromatic carbocycles. The number of carbonyl (C=O) groups excluding carboxylic acids is 1. The summed E-state index contributed by atoms with van der Waals surface area (Å²) in [5, 5.41) is 0. The van der Waals surface area contributed by atoms with Crippen LogP contribution in [0.25, 0.3) is 0 Å². The first-order valence-corrected chi connectivity index (χ1v) is 8.66. The minimum absolute atomic E-state index is 0.174. The van der Waals surface area contributed by atoms with Gasteiger partial charge in [0.1, 0.15) is 11.8 Å². The summed E-state index contributed by atoms with van der Waals surface area (Å²) >= 11 is 0. The number of primary amides is 1. The molecule has 2 N–H and O–H groups in total. The Kier molecular flexibility index (Phi) is 5.38. The van der Waals surface area contributed by atoms with E-state index in [9.17, 15) is 26.4 Å². The third kappa shape index (κ3) is 4.18. The highest BCUT2D eigenvalue weighted by Crippen LogP contribution is 2.35. The third-order valence-electron chi connectivity index (χ3n) is 3.64. The van der Waals surface area contributed by atoms with E-state index < -0.39 is 28.1 Å². The van der Waals surface area contributed by atoms with Gasteiger partial charge in [-0.15, -0.1) is 0 Å². The van der Waals surface area contributed by atoms with Gasteiger partial charge >= 0.3 is 6.18 Å². The summed E-state index contributed by atoms with van der Waals surface area (Å²) in [6.45, 7) is -0.555. The van der Waals surface area contributed by atoms with Crippen molar-refractivity contribution in [2.24, 2.45) is 5.73 Å². The molecule has 6 nitrogen and oxygen atoms in total. The SMILES string of the molecule is NC(=O)COc1ccc(S(=O)(=O)N2CCCCC2C(F)(F)F)cc1. The fraction of sp³-hybridized carbons (Fsp3) is 0.500. The molecule has 1 unspecified atom stereocenters. The zero-order valence-electron chi connectivity index (χ0n) is 12.6. The van der Waals surface area contributed by atoms with E-state index in [1.54, 1.807) is 0 Å². The lowest BCUT2D eigenvalue weighted by atomic mass is 10.1. The summed E-state index contributed by atoms with van der Waals surface area (Å²) < 4.78 is 69.9. The Morgan fingerprint density at radius 3 is 2.42 bits per heavy atom. The van der Waals surface area contributed by atoms with Crippen molar-refractivity contribution in [3.8, 4) is 5.75 Å². The lowest BCUT2D eigenvalue weighted by Crippen LogP contribution is -2.51. The second-order valence-corrected chi connectivity index (χ2v) is 7.29. The number of alkyl halides is 3. The summed E-state index contributed by atoms with van der Waals surface area (Å²) in [7, 11) is -4.28. The Bertz CT molecular complexity index is 689. The van der Waals surface area contributed by atoms with Crippen LogP contribution in [0.1, 0.15) is 19.3 Å². The first-order chi connectivity index (χ1) is 11.1. The van der Waals surface area contributed by atoms with Crippen LogP contribution in [0.15, 0.2) is 29.2 Å². The van der Waals surface area contributed by atoms with Crippen molar-refractivity contribution in [3.63, 3.8) is 0 Å². The summed E-state index contributed by atoms with van der Waals surface area (Å²) in [6.07, 6.45) is -4.15. The van der Waals surface area contributed by atoms with E-state index >= 15 is 0 Å². The van der Waals surface area contributed by atoms with Crippen LogP contribution in [0.2, 0.25) is 0 Å². The molecule has 0 spiro atoms. The molecular formula is C14H17F3N2O4S. The molecule has 1 heterocycles. The summed E-state index contributed by atoms with van der Waals surface area (Å²) in [6, 6.07) is 2.81. The molecule has 1 aromatic rings. The monoisotopic (exact) mass is 366 g/mol. The summed E-state index contributed by atoms with van der Waals surface area (Å²) in [5.74, 6) is -0.508. The number of hydrogen-bond acceptors (Lipinski definition) is 4. The molecule has 1 aliphatic rings. The number of halogens is 3. The number of ether oxygens (including phenoxy) is 1. The smallest absolute Gasteiger partial charge is 0.405 e. The van der Waals surface area contributed by atoms with E-state index in [0.717, 1.165) is 12.1 Å².